The molecule has 0 heterocycles. The van der Waals surface area contributed by atoms with Crippen LogP contribution in [0.5, 0.6) is 0 Å². The normalized spacial score (nSPS) is 11.1. The number of halogens is 1. The fourth-order valence-electron chi connectivity index (χ4n) is 2.59. The topological polar surface area (TPSA) is 55.4 Å². The Hall–Kier alpha value is -1.55. The van der Waals surface area contributed by atoms with Crippen LogP contribution in [0.25, 0.3) is 0 Å². The minimum Gasteiger partial charge on any atom is -0.469 e. The van der Waals surface area contributed by atoms with Crippen molar-refractivity contribution in [2.75, 3.05) is 13.7 Å². The van der Waals surface area contributed by atoms with Crippen molar-refractivity contribution in [3.05, 3.63) is 34.9 Å². The van der Waals surface area contributed by atoms with Crippen molar-refractivity contribution >= 4 is 23.5 Å². The number of ether oxygens (including phenoxy) is 1. The molecule has 0 spiro atoms. The molecule has 0 saturated carbocycles. The first-order chi connectivity index (χ1) is 10.5. The molecule has 0 saturated heterocycles. The third-order valence-electron chi connectivity index (χ3n) is 4.11. The maximum absolute atomic E-state index is 12.7. The highest BCUT2D eigenvalue weighted by Crippen LogP contribution is 2.32. The average molecular weight is 326 g/mol. The lowest BCUT2D eigenvalue weighted by Crippen LogP contribution is -2.44. The van der Waals surface area contributed by atoms with Gasteiger partial charge in [-0.15, -0.1) is 0 Å². The van der Waals surface area contributed by atoms with E-state index in [2.05, 4.69) is 10.1 Å². The number of benzene rings is 1. The second-order valence-corrected chi connectivity index (χ2v) is 5.67. The molecule has 22 heavy (non-hydrogen) atoms. The molecule has 1 aromatic carbocycles. The van der Waals surface area contributed by atoms with E-state index in [4.69, 9.17) is 11.6 Å². The summed E-state index contributed by atoms with van der Waals surface area (Å²) in [4.78, 5) is 23.7. The van der Waals surface area contributed by atoms with Crippen LogP contribution in [0.15, 0.2) is 24.3 Å². The molecule has 0 aliphatic heterocycles. The molecule has 1 aromatic rings. The third kappa shape index (κ3) is 4.47. The number of hydrogen-bond donors (Lipinski definition) is 1. The number of methoxy groups -OCH3 is 1. The van der Waals surface area contributed by atoms with Crippen molar-refractivity contribution in [3.63, 3.8) is 0 Å². The molecule has 5 heteroatoms. The lowest BCUT2D eigenvalue weighted by atomic mass is 9.75. The smallest absolute Gasteiger partial charge is 0.305 e. The second-order valence-electron chi connectivity index (χ2n) is 5.23. The zero-order valence-electron chi connectivity index (χ0n) is 13.4. The summed E-state index contributed by atoms with van der Waals surface area (Å²) >= 11 is 5.93. The Kier molecular flexibility index (Phi) is 7.39. The van der Waals surface area contributed by atoms with Crippen LogP contribution < -0.4 is 5.32 Å². The molecular weight excluding hydrogens is 302 g/mol. The van der Waals surface area contributed by atoms with E-state index >= 15 is 0 Å². The highest BCUT2D eigenvalue weighted by atomic mass is 35.5. The van der Waals surface area contributed by atoms with Crippen LogP contribution in [0, 0.1) is 0 Å². The molecule has 0 aromatic heterocycles. The molecule has 0 radical (unpaired) electrons. The number of carbonyl (C=O) groups is 2. The minimum absolute atomic E-state index is 0.00955. The van der Waals surface area contributed by atoms with Gasteiger partial charge in [0.25, 0.3) is 0 Å². The van der Waals surface area contributed by atoms with Gasteiger partial charge in [0.2, 0.25) is 5.91 Å². The molecule has 0 fully saturated rings. The zero-order chi connectivity index (χ0) is 16.6. The quantitative estimate of drug-likeness (QED) is 0.588. The van der Waals surface area contributed by atoms with E-state index in [1.165, 1.54) is 7.11 Å². The molecule has 1 rings (SSSR count). The van der Waals surface area contributed by atoms with Crippen LogP contribution in [0.3, 0.4) is 0 Å². The van der Waals surface area contributed by atoms with Crippen LogP contribution in [0.1, 0.15) is 45.1 Å². The predicted molar refractivity (Wildman–Crippen MR) is 88.0 cm³/mol. The highest BCUT2D eigenvalue weighted by molar-refractivity contribution is 6.30. The number of carbonyl (C=O) groups excluding carboxylic acids is 2. The summed E-state index contributed by atoms with van der Waals surface area (Å²) in [6.07, 6.45) is 2.29. The first-order valence-corrected chi connectivity index (χ1v) is 7.99. The van der Waals surface area contributed by atoms with Crippen molar-refractivity contribution in [2.24, 2.45) is 0 Å². The molecule has 1 amide bonds. The van der Waals surface area contributed by atoms with Crippen LogP contribution >= 0.6 is 11.6 Å². The summed E-state index contributed by atoms with van der Waals surface area (Å²) in [5, 5.41) is 3.59. The van der Waals surface area contributed by atoms with Crippen LogP contribution in [-0.2, 0) is 19.7 Å². The summed E-state index contributed by atoms with van der Waals surface area (Å²) in [6, 6.07) is 7.43. The zero-order valence-corrected chi connectivity index (χ0v) is 14.2. The molecule has 0 aliphatic rings. The Morgan fingerprint density at radius 3 is 2.27 bits per heavy atom. The van der Waals surface area contributed by atoms with E-state index in [9.17, 15) is 9.59 Å². The first-order valence-electron chi connectivity index (χ1n) is 7.61. The van der Waals surface area contributed by atoms with Crippen LogP contribution in [0.2, 0.25) is 5.02 Å². The number of nitrogens with one attached hydrogen (secondary N) is 1. The molecule has 1 N–H and O–H groups in total. The largest absolute Gasteiger partial charge is 0.469 e. The van der Waals surface area contributed by atoms with Gasteiger partial charge < -0.3 is 10.1 Å². The van der Waals surface area contributed by atoms with Crippen LogP contribution in [-0.4, -0.2) is 25.5 Å². The Balaban J connectivity index is 2.75. The molecule has 0 bridgehead atoms. The molecular formula is C17H24ClNO3. The molecule has 0 aliphatic carbocycles. The lowest BCUT2D eigenvalue weighted by Gasteiger charge is -2.31. The summed E-state index contributed by atoms with van der Waals surface area (Å²) in [5.41, 5.74) is 0.405. The monoisotopic (exact) mass is 325 g/mol. The van der Waals surface area contributed by atoms with Gasteiger partial charge in [0.1, 0.15) is 0 Å². The Morgan fingerprint density at radius 1 is 1.18 bits per heavy atom. The summed E-state index contributed by atoms with van der Waals surface area (Å²) < 4.78 is 4.58. The average Bonchev–Trinajstić information content (AvgIpc) is 2.54. The third-order valence-corrected chi connectivity index (χ3v) is 4.36. The minimum atomic E-state index is -0.560. The van der Waals surface area contributed by atoms with Gasteiger partial charge >= 0.3 is 5.97 Å². The first kappa shape index (κ1) is 18.5. The molecule has 0 unspecified atom stereocenters. The number of amides is 1. The van der Waals surface area contributed by atoms with Crippen molar-refractivity contribution in [1.82, 2.24) is 5.32 Å². The highest BCUT2D eigenvalue weighted by Gasteiger charge is 2.36. The van der Waals surface area contributed by atoms with Crippen molar-refractivity contribution in [3.8, 4) is 0 Å². The number of esters is 1. The van der Waals surface area contributed by atoms with Gasteiger partial charge in [-0.25, -0.2) is 0 Å². The summed E-state index contributed by atoms with van der Waals surface area (Å²) in [7, 11) is 1.36. The SMILES string of the molecule is CCC(CC)(C(=O)NCCCC(=O)OC)c1ccc(Cl)cc1. The van der Waals surface area contributed by atoms with Crippen molar-refractivity contribution < 1.29 is 14.3 Å². The van der Waals surface area contributed by atoms with Gasteiger partial charge in [-0.05, 0) is 37.0 Å². The fourth-order valence-corrected chi connectivity index (χ4v) is 2.71. The van der Waals surface area contributed by atoms with E-state index < -0.39 is 5.41 Å². The number of hydrogen-bond acceptors (Lipinski definition) is 3. The van der Waals surface area contributed by atoms with E-state index in [-0.39, 0.29) is 11.9 Å². The predicted octanol–water partition coefficient (Wildman–Crippen LogP) is 3.47. The maximum atomic E-state index is 12.7. The maximum Gasteiger partial charge on any atom is 0.305 e. The van der Waals surface area contributed by atoms with E-state index in [0.717, 1.165) is 5.56 Å². The molecule has 122 valence electrons. The Morgan fingerprint density at radius 2 is 1.77 bits per heavy atom. The molecule has 4 nitrogen and oxygen atoms in total. The van der Waals surface area contributed by atoms with Gasteiger partial charge in [0, 0.05) is 18.0 Å². The van der Waals surface area contributed by atoms with Gasteiger partial charge in [-0.2, -0.15) is 0 Å². The van der Waals surface area contributed by atoms with Gasteiger partial charge in [0.15, 0.2) is 0 Å². The number of rotatable bonds is 8. The fraction of sp³-hybridized carbons (Fsp3) is 0.529. The standard InChI is InChI=1S/C17H24ClNO3/c1-4-17(5-2,13-8-10-14(18)11-9-13)16(21)19-12-6-7-15(20)22-3/h8-11H,4-7,12H2,1-3H3,(H,19,21). The lowest BCUT2D eigenvalue weighted by molar-refractivity contribution is -0.140. The van der Waals surface area contributed by atoms with E-state index in [1.54, 1.807) is 0 Å². The van der Waals surface area contributed by atoms with Gasteiger partial charge in [-0.3, -0.25) is 9.59 Å². The Bertz CT molecular complexity index is 495. The van der Waals surface area contributed by atoms with Gasteiger partial charge in [-0.1, -0.05) is 37.6 Å². The van der Waals surface area contributed by atoms with Crippen molar-refractivity contribution in [2.45, 2.75) is 44.9 Å². The summed E-state index contributed by atoms with van der Waals surface area (Å²) in [5.74, 6) is -0.270. The van der Waals surface area contributed by atoms with E-state index in [1.807, 2.05) is 38.1 Å². The summed E-state index contributed by atoms with van der Waals surface area (Å²) in [6.45, 7) is 4.47. The Labute approximate surface area is 137 Å². The molecule has 0 atom stereocenters. The van der Waals surface area contributed by atoms with Gasteiger partial charge in [0.05, 0.1) is 12.5 Å². The van der Waals surface area contributed by atoms with E-state index in [0.29, 0.717) is 37.3 Å². The van der Waals surface area contributed by atoms with Crippen molar-refractivity contribution in [1.29, 1.82) is 0 Å². The van der Waals surface area contributed by atoms with Crippen LogP contribution in [0.4, 0.5) is 0 Å². The second kappa shape index (κ2) is 8.79.